The molecule has 1 aliphatic rings. The molecule has 0 saturated heterocycles. The molecular weight excluding hydrogens is 380 g/mol. The predicted octanol–water partition coefficient (Wildman–Crippen LogP) is 4.53. The Hall–Kier alpha value is -3.67. The van der Waals surface area contributed by atoms with E-state index in [0.717, 1.165) is 17.0 Å². The van der Waals surface area contributed by atoms with Gasteiger partial charge in [0.25, 0.3) is 0 Å². The summed E-state index contributed by atoms with van der Waals surface area (Å²) in [7, 11) is 1.31. The first-order chi connectivity index (χ1) is 14.6. The van der Waals surface area contributed by atoms with Gasteiger partial charge in [-0.2, -0.15) is 0 Å². The van der Waals surface area contributed by atoms with E-state index in [2.05, 4.69) is 9.98 Å². The maximum Gasteiger partial charge on any atom is 0.354 e. The van der Waals surface area contributed by atoms with E-state index in [1.54, 1.807) is 6.20 Å². The van der Waals surface area contributed by atoms with Gasteiger partial charge in [-0.05, 0) is 53.9 Å². The van der Waals surface area contributed by atoms with E-state index in [4.69, 9.17) is 9.47 Å². The summed E-state index contributed by atoms with van der Waals surface area (Å²) in [5.41, 5.74) is 2.36. The van der Waals surface area contributed by atoms with Gasteiger partial charge >= 0.3 is 5.97 Å². The van der Waals surface area contributed by atoms with Crippen LogP contribution in [-0.2, 0) is 4.74 Å². The van der Waals surface area contributed by atoms with Crippen LogP contribution in [0, 0.1) is 11.8 Å². The maximum absolute atomic E-state index is 13.2. The number of rotatable bonds is 6. The van der Waals surface area contributed by atoms with Crippen molar-refractivity contribution >= 4 is 17.5 Å². The number of hydrogen-bond donors (Lipinski definition) is 1. The molecule has 0 aliphatic carbocycles. The summed E-state index contributed by atoms with van der Waals surface area (Å²) < 4.78 is 10.5. The fourth-order valence-electron chi connectivity index (χ4n) is 3.63. The number of nitrogens with zero attached hydrogens (tertiary/aromatic N) is 1. The number of ketones is 1. The van der Waals surface area contributed by atoms with Crippen LogP contribution in [0.2, 0.25) is 0 Å². The van der Waals surface area contributed by atoms with Gasteiger partial charge in [0.2, 0.25) is 0 Å². The number of nitrogens with one attached hydrogen (secondary N) is 1. The predicted molar refractivity (Wildman–Crippen MR) is 113 cm³/mol. The van der Waals surface area contributed by atoms with Gasteiger partial charge in [-0.1, -0.05) is 25.1 Å². The average molecular weight is 402 g/mol. The van der Waals surface area contributed by atoms with Crippen LogP contribution >= 0.6 is 0 Å². The first-order valence-electron chi connectivity index (χ1n) is 9.75. The number of carbonyl (C=O) groups is 2. The van der Waals surface area contributed by atoms with Crippen LogP contribution < -0.4 is 4.74 Å². The Morgan fingerprint density at radius 1 is 1.03 bits per heavy atom. The smallest absolute Gasteiger partial charge is 0.354 e. The Labute approximate surface area is 174 Å². The number of para-hydroxylation sites is 1. The SMILES string of the molecule is COC(=O)c1cc(C(=O)C2C(c3ccc(Oc4ccccc4)cc3)=NCC2C)c[nH]1. The zero-order valence-electron chi connectivity index (χ0n) is 16.8. The Balaban J connectivity index is 1.54. The highest BCUT2D eigenvalue weighted by Gasteiger charge is 2.36. The molecule has 0 fully saturated rings. The van der Waals surface area contributed by atoms with Crippen molar-refractivity contribution in [2.75, 3.05) is 13.7 Å². The molecule has 0 amide bonds. The van der Waals surface area contributed by atoms with Crippen molar-refractivity contribution in [3.05, 3.63) is 83.7 Å². The van der Waals surface area contributed by atoms with Crippen LogP contribution in [0.5, 0.6) is 11.5 Å². The number of ether oxygens (including phenoxy) is 2. The number of methoxy groups -OCH3 is 1. The molecule has 4 rings (SSSR count). The zero-order chi connectivity index (χ0) is 21.1. The molecule has 1 N–H and O–H groups in total. The van der Waals surface area contributed by atoms with Gasteiger partial charge in [0.15, 0.2) is 5.78 Å². The number of esters is 1. The molecule has 2 atom stereocenters. The van der Waals surface area contributed by atoms with Crippen molar-refractivity contribution < 1.29 is 19.1 Å². The molecule has 2 heterocycles. The van der Waals surface area contributed by atoms with E-state index in [1.807, 2.05) is 61.5 Å². The van der Waals surface area contributed by atoms with Gasteiger partial charge in [0, 0.05) is 18.3 Å². The number of aliphatic imine (C=N–C) groups is 1. The third-order valence-corrected chi connectivity index (χ3v) is 5.20. The molecular formula is C24H22N2O4. The molecule has 1 aromatic heterocycles. The molecule has 3 aromatic rings. The van der Waals surface area contributed by atoms with Crippen LogP contribution in [-0.4, -0.2) is 36.1 Å². The topological polar surface area (TPSA) is 80.8 Å². The van der Waals surface area contributed by atoms with Crippen LogP contribution in [0.3, 0.4) is 0 Å². The molecule has 6 heteroatoms. The third kappa shape index (κ3) is 3.89. The summed E-state index contributed by atoms with van der Waals surface area (Å²) in [6.45, 7) is 2.60. The standard InChI is InChI=1S/C24H22N2O4/c1-15-13-26-22(21(15)23(27)17-12-20(25-14-17)24(28)29-2)16-8-10-19(11-9-16)30-18-6-4-3-5-7-18/h3-12,14-15,21,25H,13H2,1-2H3. The largest absolute Gasteiger partial charge is 0.464 e. The molecule has 2 unspecified atom stereocenters. The number of carbonyl (C=O) groups excluding carboxylic acids is 2. The molecule has 2 aromatic carbocycles. The summed E-state index contributed by atoms with van der Waals surface area (Å²) in [4.78, 5) is 32.3. The minimum atomic E-state index is -0.503. The van der Waals surface area contributed by atoms with Crippen molar-refractivity contribution in [1.29, 1.82) is 0 Å². The molecule has 1 aliphatic heterocycles. The number of aromatic amines is 1. The minimum Gasteiger partial charge on any atom is -0.464 e. The van der Waals surface area contributed by atoms with E-state index < -0.39 is 5.97 Å². The fraction of sp³-hybridized carbons (Fsp3) is 0.208. The molecule has 0 saturated carbocycles. The summed E-state index contributed by atoms with van der Waals surface area (Å²) in [6.07, 6.45) is 1.55. The Bertz CT molecular complexity index is 1080. The molecule has 0 bridgehead atoms. The van der Waals surface area contributed by atoms with Gasteiger partial charge in [-0.25, -0.2) is 4.79 Å². The molecule has 6 nitrogen and oxygen atoms in total. The second-order valence-corrected chi connectivity index (χ2v) is 7.28. The van der Waals surface area contributed by atoms with E-state index in [-0.39, 0.29) is 23.3 Å². The van der Waals surface area contributed by atoms with Crippen LogP contribution in [0.1, 0.15) is 33.3 Å². The van der Waals surface area contributed by atoms with E-state index in [0.29, 0.717) is 17.9 Å². The van der Waals surface area contributed by atoms with E-state index >= 15 is 0 Å². The average Bonchev–Trinajstić information content (AvgIpc) is 3.41. The zero-order valence-corrected chi connectivity index (χ0v) is 16.8. The summed E-state index contributed by atoms with van der Waals surface area (Å²) in [6, 6.07) is 18.7. The molecule has 0 spiro atoms. The Morgan fingerprint density at radius 3 is 2.43 bits per heavy atom. The quantitative estimate of drug-likeness (QED) is 0.485. The van der Waals surface area contributed by atoms with Crippen LogP contribution in [0.15, 0.2) is 71.9 Å². The van der Waals surface area contributed by atoms with Crippen molar-refractivity contribution in [3.63, 3.8) is 0 Å². The molecule has 0 radical (unpaired) electrons. The Kier molecular flexibility index (Phi) is 5.48. The summed E-state index contributed by atoms with van der Waals surface area (Å²) in [5.74, 6) is 0.620. The van der Waals surface area contributed by atoms with Gasteiger partial charge in [0.1, 0.15) is 17.2 Å². The number of Topliss-reactive ketones (excluding diaryl/α,β-unsaturated/α-hetero) is 1. The van der Waals surface area contributed by atoms with Gasteiger partial charge < -0.3 is 14.5 Å². The second kappa shape index (κ2) is 8.37. The van der Waals surface area contributed by atoms with Crippen molar-refractivity contribution in [2.45, 2.75) is 6.92 Å². The Morgan fingerprint density at radius 2 is 1.73 bits per heavy atom. The lowest BCUT2D eigenvalue weighted by atomic mass is 9.83. The lowest BCUT2D eigenvalue weighted by Gasteiger charge is -2.16. The highest BCUT2D eigenvalue weighted by Crippen LogP contribution is 2.30. The lowest BCUT2D eigenvalue weighted by molar-refractivity contribution is 0.0595. The van der Waals surface area contributed by atoms with Gasteiger partial charge in [-0.3, -0.25) is 9.79 Å². The summed E-state index contributed by atoms with van der Waals surface area (Å²) in [5, 5.41) is 0. The van der Waals surface area contributed by atoms with Gasteiger partial charge in [0.05, 0.1) is 18.7 Å². The fourth-order valence-corrected chi connectivity index (χ4v) is 3.63. The van der Waals surface area contributed by atoms with Crippen molar-refractivity contribution in [1.82, 2.24) is 4.98 Å². The third-order valence-electron chi connectivity index (χ3n) is 5.20. The normalized spacial score (nSPS) is 18.0. The molecule has 30 heavy (non-hydrogen) atoms. The lowest BCUT2D eigenvalue weighted by Crippen LogP contribution is -2.27. The van der Waals surface area contributed by atoms with Gasteiger partial charge in [-0.15, -0.1) is 0 Å². The number of aromatic nitrogens is 1. The first kappa shape index (κ1) is 19.6. The monoisotopic (exact) mass is 402 g/mol. The highest BCUT2D eigenvalue weighted by molar-refractivity contribution is 6.19. The first-order valence-corrected chi connectivity index (χ1v) is 9.75. The second-order valence-electron chi connectivity index (χ2n) is 7.28. The van der Waals surface area contributed by atoms with Crippen LogP contribution in [0.25, 0.3) is 0 Å². The highest BCUT2D eigenvalue weighted by atomic mass is 16.5. The van der Waals surface area contributed by atoms with Crippen LogP contribution in [0.4, 0.5) is 0 Å². The minimum absolute atomic E-state index is 0.0604. The number of benzene rings is 2. The van der Waals surface area contributed by atoms with Crippen molar-refractivity contribution in [2.24, 2.45) is 16.8 Å². The van der Waals surface area contributed by atoms with E-state index in [1.165, 1.54) is 13.2 Å². The maximum atomic E-state index is 13.2. The number of H-pyrrole nitrogens is 1. The summed E-state index contributed by atoms with van der Waals surface area (Å²) >= 11 is 0. The van der Waals surface area contributed by atoms with Crippen molar-refractivity contribution in [3.8, 4) is 11.5 Å². The van der Waals surface area contributed by atoms with E-state index in [9.17, 15) is 9.59 Å². The molecule has 152 valence electrons. The number of hydrogen-bond acceptors (Lipinski definition) is 5.